The molecule has 4 nitrogen and oxygen atoms in total. The molecule has 1 saturated heterocycles. The summed E-state index contributed by atoms with van der Waals surface area (Å²) in [5.74, 6) is 0.949. The van der Waals surface area contributed by atoms with Crippen LogP contribution in [0.2, 0.25) is 0 Å². The van der Waals surface area contributed by atoms with Crippen molar-refractivity contribution in [2.45, 2.75) is 57.5 Å². The van der Waals surface area contributed by atoms with Crippen LogP contribution < -0.4 is 4.74 Å². The van der Waals surface area contributed by atoms with Crippen molar-refractivity contribution in [2.24, 2.45) is 0 Å². The number of aromatic hydroxyl groups is 1. The van der Waals surface area contributed by atoms with E-state index in [2.05, 4.69) is 0 Å². The lowest BCUT2D eigenvalue weighted by Crippen LogP contribution is -2.41. The van der Waals surface area contributed by atoms with Crippen molar-refractivity contribution in [2.75, 3.05) is 0 Å². The third-order valence-corrected chi connectivity index (χ3v) is 4.26. The molecule has 2 aliphatic rings. The molecule has 0 spiro atoms. The standard InChI is InChI=1S/C15H20O4/c1-8-5-11-9(6-10(8)16)15(4)13(19-15)7-12(18-11)14(2,3)17/h5-6,12-13,16-17H,7H2,1-4H3/t12-,13-,15+/m1/s1. The molecule has 0 aliphatic carbocycles. The van der Waals surface area contributed by atoms with Crippen molar-refractivity contribution >= 4 is 0 Å². The van der Waals surface area contributed by atoms with E-state index < -0.39 is 11.2 Å². The van der Waals surface area contributed by atoms with Crippen LogP contribution in [-0.2, 0) is 10.3 Å². The van der Waals surface area contributed by atoms with E-state index in [-0.39, 0.29) is 18.0 Å². The van der Waals surface area contributed by atoms with Crippen molar-refractivity contribution in [1.29, 1.82) is 0 Å². The number of phenolic OH excluding ortho intramolecular Hbond substituents is 1. The third-order valence-electron chi connectivity index (χ3n) is 4.26. The molecule has 2 aliphatic heterocycles. The van der Waals surface area contributed by atoms with Crippen LogP contribution in [0.3, 0.4) is 0 Å². The van der Waals surface area contributed by atoms with Gasteiger partial charge in [-0.3, -0.25) is 0 Å². The van der Waals surface area contributed by atoms with Gasteiger partial charge in [-0.15, -0.1) is 0 Å². The van der Waals surface area contributed by atoms with E-state index in [9.17, 15) is 10.2 Å². The molecule has 1 aromatic carbocycles. The maximum atomic E-state index is 10.2. The third kappa shape index (κ3) is 1.90. The first kappa shape index (κ1) is 12.8. The van der Waals surface area contributed by atoms with Crippen molar-refractivity contribution in [3.63, 3.8) is 0 Å². The maximum absolute atomic E-state index is 10.2. The van der Waals surface area contributed by atoms with E-state index in [1.54, 1.807) is 19.9 Å². The minimum absolute atomic E-state index is 0.0345. The summed E-state index contributed by atoms with van der Waals surface area (Å²) in [6, 6.07) is 3.54. The lowest BCUT2D eigenvalue weighted by molar-refractivity contribution is -0.0402. The zero-order valence-electron chi connectivity index (χ0n) is 11.7. The fourth-order valence-corrected chi connectivity index (χ4v) is 2.76. The van der Waals surface area contributed by atoms with Gasteiger partial charge in [0.15, 0.2) is 0 Å². The Balaban J connectivity index is 2.09. The highest BCUT2D eigenvalue weighted by Crippen LogP contribution is 2.55. The highest BCUT2D eigenvalue weighted by molar-refractivity contribution is 5.50. The fourth-order valence-electron chi connectivity index (χ4n) is 2.76. The number of fused-ring (bicyclic) bond motifs is 3. The molecule has 19 heavy (non-hydrogen) atoms. The van der Waals surface area contributed by atoms with Crippen molar-refractivity contribution < 1.29 is 19.7 Å². The molecule has 0 bridgehead atoms. The average Bonchev–Trinajstić information content (AvgIpc) is 2.93. The summed E-state index contributed by atoms with van der Waals surface area (Å²) in [7, 11) is 0. The zero-order valence-corrected chi connectivity index (χ0v) is 11.7. The summed E-state index contributed by atoms with van der Waals surface area (Å²) in [5, 5.41) is 20.1. The lowest BCUT2D eigenvalue weighted by atomic mass is 9.91. The number of epoxide rings is 1. The second kappa shape index (κ2) is 3.64. The first-order valence-corrected chi connectivity index (χ1v) is 6.63. The molecule has 2 heterocycles. The van der Waals surface area contributed by atoms with Gasteiger partial charge < -0.3 is 19.7 Å². The number of hydrogen-bond acceptors (Lipinski definition) is 4. The van der Waals surface area contributed by atoms with Crippen molar-refractivity contribution in [1.82, 2.24) is 0 Å². The number of benzene rings is 1. The first-order chi connectivity index (χ1) is 8.72. The normalized spacial score (nSPS) is 32.9. The summed E-state index contributed by atoms with van der Waals surface area (Å²) < 4.78 is 11.8. The second-order valence-electron chi connectivity index (χ2n) is 6.34. The van der Waals surface area contributed by atoms with Crippen molar-refractivity contribution in [3.8, 4) is 11.5 Å². The minimum atomic E-state index is -0.930. The summed E-state index contributed by atoms with van der Waals surface area (Å²) in [5.41, 5.74) is 0.295. The van der Waals surface area contributed by atoms with E-state index in [1.165, 1.54) is 0 Å². The van der Waals surface area contributed by atoms with Crippen LogP contribution in [0.15, 0.2) is 12.1 Å². The van der Waals surface area contributed by atoms with E-state index in [4.69, 9.17) is 9.47 Å². The Morgan fingerprint density at radius 3 is 2.68 bits per heavy atom. The monoisotopic (exact) mass is 264 g/mol. The molecule has 3 atom stereocenters. The fraction of sp³-hybridized carbons (Fsp3) is 0.600. The van der Waals surface area contributed by atoms with Crippen LogP contribution in [-0.4, -0.2) is 28.0 Å². The molecular weight excluding hydrogens is 244 g/mol. The van der Waals surface area contributed by atoms with E-state index in [1.807, 2.05) is 19.9 Å². The largest absolute Gasteiger partial charge is 0.508 e. The Labute approximate surface area is 113 Å². The lowest BCUT2D eigenvalue weighted by Gasteiger charge is -2.29. The molecule has 0 amide bonds. The van der Waals surface area contributed by atoms with Gasteiger partial charge in [0.25, 0.3) is 0 Å². The van der Waals surface area contributed by atoms with Crippen LogP contribution in [0.25, 0.3) is 0 Å². The molecule has 1 aromatic rings. The summed E-state index contributed by atoms with van der Waals surface area (Å²) in [4.78, 5) is 0. The summed E-state index contributed by atoms with van der Waals surface area (Å²) >= 11 is 0. The topological polar surface area (TPSA) is 62.2 Å². The number of hydrogen-bond donors (Lipinski definition) is 2. The van der Waals surface area contributed by atoms with Crippen LogP contribution in [0.1, 0.15) is 38.3 Å². The maximum Gasteiger partial charge on any atom is 0.129 e. The molecule has 4 heteroatoms. The minimum Gasteiger partial charge on any atom is -0.508 e. The zero-order chi connectivity index (χ0) is 14.0. The highest BCUT2D eigenvalue weighted by Gasteiger charge is 2.59. The van der Waals surface area contributed by atoms with Gasteiger partial charge in [0, 0.05) is 12.0 Å². The summed E-state index contributed by atoms with van der Waals surface area (Å²) in [6.45, 7) is 7.32. The molecule has 0 radical (unpaired) electrons. The first-order valence-electron chi connectivity index (χ1n) is 6.63. The second-order valence-corrected chi connectivity index (χ2v) is 6.34. The van der Waals surface area contributed by atoms with E-state index in [0.29, 0.717) is 12.2 Å². The van der Waals surface area contributed by atoms with Crippen LogP contribution in [0, 0.1) is 6.92 Å². The SMILES string of the molecule is Cc1cc2c(cc1O)[C@]1(C)O[C@@H]1C[C@H](C(C)(C)O)O2. The Morgan fingerprint density at radius 1 is 1.37 bits per heavy atom. The molecule has 0 unspecified atom stereocenters. The molecule has 0 aromatic heterocycles. The number of rotatable bonds is 1. The molecule has 1 fully saturated rings. The Morgan fingerprint density at radius 2 is 2.05 bits per heavy atom. The molecule has 2 N–H and O–H groups in total. The van der Waals surface area contributed by atoms with Crippen molar-refractivity contribution in [3.05, 3.63) is 23.3 Å². The smallest absolute Gasteiger partial charge is 0.129 e. The Kier molecular flexibility index (Phi) is 2.45. The van der Waals surface area contributed by atoms with Gasteiger partial charge >= 0.3 is 0 Å². The summed E-state index contributed by atoms with van der Waals surface area (Å²) in [6.07, 6.45) is 0.367. The van der Waals surface area contributed by atoms with E-state index in [0.717, 1.165) is 11.1 Å². The van der Waals surface area contributed by atoms with Gasteiger partial charge in [-0.05, 0) is 45.4 Å². The molecular formula is C15H20O4. The predicted molar refractivity (Wildman–Crippen MR) is 70.4 cm³/mol. The van der Waals surface area contributed by atoms with Crippen LogP contribution in [0.5, 0.6) is 11.5 Å². The van der Waals surface area contributed by atoms with Crippen LogP contribution >= 0.6 is 0 Å². The molecule has 104 valence electrons. The molecule has 3 rings (SSSR count). The highest BCUT2D eigenvalue weighted by atomic mass is 16.6. The Hall–Kier alpha value is -1.26. The van der Waals surface area contributed by atoms with Gasteiger partial charge in [0.1, 0.15) is 23.2 Å². The van der Waals surface area contributed by atoms with Gasteiger partial charge in [-0.2, -0.15) is 0 Å². The van der Waals surface area contributed by atoms with Gasteiger partial charge in [-0.25, -0.2) is 0 Å². The van der Waals surface area contributed by atoms with E-state index >= 15 is 0 Å². The average molecular weight is 264 g/mol. The quantitative estimate of drug-likeness (QED) is 0.764. The van der Waals surface area contributed by atoms with Gasteiger partial charge in [-0.1, -0.05) is 0 Å². The number of aliphatic hydroxyl groups is 1. The van der Waals surface area contributed by atoms with Gasteiger partial charge in [0.2, 0.25) is 0 Å². The molecule has 0 saturated carbocycles. The Bertz CT molecular complexity index is 532. The number of ether oxygens (including phenoxy) is 2. The van der Waals surface area contributed by atoms with Crippen LogP contribution in [0.4, 0.5) is 0 Å². The van der Waals surface area contributed by atoms with Gasteiger partial charge in [0.05, 0.1) is 11.7 Å². The number of aryl methyl sites for hydroxylation is 1. The predicted octanol–water partition coefficient (Wildman–Crippen LogP) is 2.24. The number of phenols is 1.